The van der Waals surface area contributed by atoms with Gasteiger partial charge in [0.25, 0.3) is 5.91 Å². The SMILES string of the molecule is O=C(NC(Cc1ccc(OCCCCCC2=NCCO2)cc1)C(=O)O)c1c(Cl)cccc1Cl. The van der Waals surface area contributed by atoms with Crippen molar-refractivity contribution in [2.75, 3.05) is 19.8 Å². The Morgan fingerprint density at radius 2 is 1.82 bits per heavy atom. The minimum Gasteiger partial charge on any atom is -0.494 e. The van der Waals surface area contributed by atoms with E-state index in [1.165, 1.54) is 12.1 Å². The van der Waals surface area contributed by atoms with E-state index in [0.29, 0.717) is 19.0 Å². The van der Waals surface area contributed by atoms with Crippen molar-refractivity contribution in [2.45, 2.75) is 38.1 Å². The number of hydrogen-bond donors (Lipinski definition) is 2. The highest BCUT2D eigenvalue weighted by molar-refractivity contribution is 6.39. The molecule has 0 aromatic heterocycles. The molecule has 3 rings (SSSR count). The number of unbranched alkanes of at least 4 members (excludes halogenated alkanes) is 2. The summed E-state index contributed by atoms with van der Waals surface area (Å²) in [4.78, 5) is 28.5. The van der Waals surface area contributed by atoms with Crippen molar-refractivity contribution in [3.63, 3.8) is 0 Å². The van der Waals surface area contributed by atoms with E-state index < -0.39 is 17.9 Å². The molecule has 2 aromatic carbocycles. The Labute approximate surface area is 202 Å². The smallest absolute Gasteiger partial charge is 0.326 e. The van der Waals surface area contributed by atoms with Crippen molar-refractivity contribution in [3.05, 3.63) is 63.6 Å². The average Bonchev–Trinajstić information content (AvgIpc) is 3.30. The highest BCUT2D eigenvalue weighted by Crippen LogP contribution is 2.24. The Bertz CT molecular complexity index is 975. The molecule has 0 saturated heterocycles. The predicted octanol–water partition coefficient (Wildman–Crippen LogP) is 4.79. The van der Waals surface area contributed by atoms with Gasteiger partial charge in [0.2, 0.25) is 0 Å². The first-order valence-electron chi connectivity index (χ1n) is 10.8. The Morgan fingerprint density at radius 3 is 2.45 bits per heavy atom. The molecule has 2 aromatic rings. The monoisotopic (exact) mass is 492 g/mol. The first-order chi connectivity index (χ1) is 15.9. The molecule has 1 aliphatic heterocycles. The van der Waals surface area contributed by atoms with Gasteiger partial charge in [0.05, 0.1) is 28.8 Å². The Kier molecular flexibility index (Phi) is 9.39. The van der Waals surface area contributed by atoms with E-state index in [1.807, 2.05) is 0 Å². The van der Waals surface area contributed by atoms with Gasteiger partial charge in [-0.3, -0.25) is 9.79 Å². The Hall–Kier alpha value is -2.77. The molecule has 0 saturated carbocycles. The summed E-state index contributed by atoms with van der Waals surface area (Å²) in [6.45, 7) is 2.06. The maximum absolute atomic E-state index is 12.5. The summed E-state index contributed by atoms with van der Waals surface area (Å²) in [6, 6.07) is 10.7. The molecule has 1 aliphatic rings. The number of halogens is 2. The van der Waals surface area contributed by atoms with Crippen LogP contribution in [0.1, 0.15) is 41.6 Å². The van der Waals surface area contributed by atoms with Crippen LogP contribution < -0.4 is 10.1 Å². The van der Waals surface area contributed by atoms with Gasteiger partial charge in [-0.1, -0.05) is 41.4 Å². The molecule has 0 radical (unpaired) electrons. The lowest BCUT2D eigenvalue weighted by Gasteiger charge is -2.16. The molecule has 7 nitrogen and oxygen atoms in total. The first kappa shape index (κ1) is 24.9. The van der Waals surface area contributed by atoms with Crippen LogP contribution in [0.3, 0.4) is 0 Å². The van der Waals surface area contributed by atoms with Gasteiger partial charge < -0.3 is 19.9 Å². The molecule has 1 unspecified atom stereocenters. The van der Waals surface area contributed by atoms with Crippen LogP contribution in [0, 0.1) is 0 Å². The minimum atomic E-state index is -1.15. The summed E-state index contributed by atoms with van der Waals surface area (Å²) in [6.07, 6.45) is 3.94. The van der Waals surface area contributed by atoms with Gasteiger partial charge >= 0.3 is 5.97 Å². The van der Waals surface area contributed by atoms with Gasteiger partial charge in [-0.05, 0) is 49.1 Å². The van der Waals surface area contributed by atoms with Crippen molar-refractivity contribution in [3.8, 4) is 5.75 Å². The van der Waals surface area contributed by atoms with Crippen LogP contribution >= 0.6 is 23.2 Å². The van der Waals surface area contributed by atoms with Crippen LogP contribution in [-0.2, 0) is 16.0 Å². The zero-order valence-corrected chi connectivity index (χ0v) is 19.6. The van der Waals surface area contributed by atoms with Gasteiger partial charge in [-0.2, -0.15) is 0 Å². The van der Waals surface area contributed by atoms with Crippen LogP contribution in [0.25, 0.3) is 0 Å². The maximum Gasteiger partial charge on any atom is 0.326 e. The van der Waals surface area contributed by atoms with E-state index in [0.717, 1.165) is 43.7 Å². The number of amides is 1. The number of benzene rings is 2. The number of carbonyl (C=O) groups is 2. The quantitative estimate of drug-likeness (QED) is 0.415. The molecule has 0 bridgehead atoms. The Balaban J connectivity index is 1.45. The predicted molar refractivity (Wildman–Crippen MR) is 128 cm³/mol. The Morgan fingerprint density at radius 1 is 1.09 bits per heavy atom. The molecule has 2 N–H and O–H groups in total. The molecule has 1 atom stereocenters. The van der Waals surface area contributed by atoms with Crippen molar-refractivity contribution >= 4 is 41.0 Å². The fraction of sp³-hybridized carbons (Fsp3) is 0.375. The highest BCUT2D eigenvalue weighted by Gasteiger charge is 2.23. The fourth-order valence-corrected chi connectivity index (χ4v) is 3.95. The summed E-state index contributed by atoms with van der Waals surface area (Å²) >= 11 is 12.1. The van der Waals surface area contributed by atoms with Gasteiger partial charge in [0.1, 0.15) is 18.4 Å². The molecule has 0 spiro atoms. The minimum absolute atomic E-state index is 0.0552. The molecule has 0 fully saturated rings. The molecular weight excluding hydrogens is 467 g/mol. The number of aliphatic carboxylic acids is 1. The number of rotatable bonds is 12. The van der Waals surface area contributed by atoms with Gasteiger partial charge in [-0.25, -0.2) is 4.79 Å². The topological polar surface area (TPSA) is 97.2 Å². The second-order valence-corrected chi connectivity index (χ2v) is 8.41. The molecular formula is C24H26Cl2N2O5. The summed E-state index contributed by atoms with van der Waals surface area (Å²) in [7, 11) is 0. The molecule has 1 heterocycles. The summed E-state index contributed by atoms with van der Waals surface area (Å²) in [5, 5.41) is 12.4. The lowest BCUT2D eigenvalue weighted by atomic mass is 10.1. The molecule has 9 heteroatoms. The number of carboxylic acids is 1. The van der Waals surface area contributed by atoms with E-state index in [9.17, 15) is 14.7 Å². The number of carboxylic acid groups (broad SMARTS) is 1. The van der Waals surface area contributed by atoms with E-state index in [-0.39, 0.29) is 22.0 Å². The second kappa shape index (κ2) is 12.5. The molecule has 1 amide bonds. The lowest BCUT2D eigenvalue weighted by molar-refractivity contribution is -0.139. The van der Waals surface area contributed by atoms with Crippen LogP contribution in [0.4, 0.5) is 0 Å². The highest BCUT2D eigenvalue weighted by atomic mass is 35.5. The summed E-state index contributed by atoms with van der Waals surface area (Å²) in [5.74, 6) is -0.219. The van der Waals surface area contributed by atoms with Gasteiger partial charge in [0.15, 0.2) is 5.90 Å². The van der Waals surface area contributed by atoms with Crippen LogP contribution in [-0.4, -0.2) is 48.7 Å². The average molecular weight is 493 g/mol. The van der Waals surface area contributed by atoms with Gasteiger partial charge in [0, 0.05) is 12.8 Å². The third-order valence-electron chi connectivity index (χ3n) is 5.11. The molecule has 33 heavy (non-hydrogen) atoms. The van der Waals surface area contributed by atoms with E-state index in [2.05, 4.69) is 10.3 Å². The number of ether oxygens (including phenoxy) is 2. The number of aliphatic imine (C=N–C) groups is 1. The van der Waals surface area contributed by atoms with E-state index in [1.54, 1.807) is 30.3 Å². The lowest BCUT2D eigenvalue weighted by Crippen LogP contribution is -2.42. The van der Waals surface area contributed by atoms with Crippen molar-refractivity contribution in [2.24, 2.45) is 4.99 Å². The molecule has 176 valence electrons. The van der Waals surface area contributed by atoms with Crippen LogP contribution in [0.15, 0.2) is 47.5 Å². The maximum atomic E-state index is 12.5. The van der Waals surface area contributed by atoms with Crippen molar-refractivity contribution < 1.29 is 24.2 Å². The number of hydrogen-bond acceptors (Lipinski definition) is 5. The van der Waals surface area contributed by atoms with Crippen LogP contribution in [0.5, 0.6) is 5.75 Å². The normalized spacial score (nSPS) is 13.7. The van der Waals surface area contributed by atoms with Crippen molar-refractivity contribution in [1.82, 2.24) is 5.32 Å². The zero-order valence-electron chi connectivity index (χ0n) is 18.1. The largest absolute Gasteiger partial charge is 0.494 e. The van der Waals surface area contributed by atoms with E-state index in [4.69, 9.17) is 32.7 Å². The standard InChI is InChI=1S/C24H26Cl2N2O5/c25-18-5-4-6-19(26)22(18)23(29)28-20(24(30)31)15-16-8-10-17(11-9-16)32-13-3-1-2-7-21-27-12-14-33-21/h4-6,8-11,20H,1-3,7,12-15H2,(H,28,29)(H,30,31). The van der Waals surface area contributed by atoms with Crippen LogP contribution in [0.2, 0.25) is 10.0 Å². The van der Waals surface area contributed by atoms with Crippen molar-refractivity contribution in [1.29, 1.82) is 0 Å². The van der Waals surface area contributed by atoms with Gasteiger partial charge in [-0.15, -0.1) is 0 Å². The summed E-state index contributed by atoms with van der Waals surface area (Å²) < 4.78 is 11.1. The third kappa shape index (κ3) is 7.65. The van der Waals surface area contributed by atoms with E-state index >= 15 is 0 Å². The summed E-state index contributed by atoms with van der Waals surface area (Å²) in [5.41, 5.74) is 0.803. The zero-order chi connectivity index (χ0) is 23.6. The molecule has 0 aliphatic carbocycles. The number of nitrogens with zero attached hydrogens (tertiary/aromatic N) is 1. The second-order valence-electron chi connectivity index (χ2n) is 7.59. The fourth-order valence-electron chi connectivity index (χ4n) is 3.38. The third-order valence-corrected chi connectivity index (χ3v) is 5.74. The number of carbonyl (C=O) groups excluding carboxylic acids is 1. The first-order valence-corrected chi connectivity index (χ1v) is 11.5. The number of nitrogens with one attached hydrogen (secondary N) is 1.